The van der Waals surface area contributed by atoms with E-state index in [1.54, 1.807) is 24.0 Å². The molecule has 0 aliphatic carbocycles. The van der Waals surface area contributed by atoms with Crippen LogP contribution in [0.1, 0.15) is 6.92 Å². The van der Waals surface area contributed by atoms with Crippen LogP contribution in [-0.2, 0) is 14.4 Å². The molecule has 1 aliphatic rings. The van der Waals surface area contributed by atoms with Crippen LogP contribution in [0.15, 0.2) is 30.3 Å². The largest absolute Gasteiger partial charge is 0.481 e. The molecule has 1 atom stereocenters. The Morgan fingerprint density at radius 3 is 2.14 bits per heavy atom. The lowest BCUT2D eigenvalue weighted by atomic mass is 10.2. The van der Waals surface area contributed by atoms with Crippen molar-refractivity contribution in [2.75, 3.05) is 26.2 Å². The topological polar surface area (TPSA) is 87.2 Å². The summed E-state index contributed by atoms with van der Waals surface area (Å²) in [6.07, 6.45) is -0.635. The molecule has 1 saturated heterocycles. The highest BCUT2D eigenvalue weighted by atomic mass is 16.5. The zero-order valence-electron chi connectivity index (χ0n) is 12.3. The van der Waals surface area contributed by atoms with E-state index in [9.17, 15) is 14.4 Å². The summed E-state index contributed by atoms with van der Waals surface area (Å²) in [5.41, 5.74) is 0. The number of nitrogens with zero attached hydrogens (tertiary/aromatic N) is 2. The van der Waals surface area contributed by atoms with Crippen LogP contribution in [-0.4, -0.2) is 65.0 Å². The number of carbonyl (C=O) groups is 3. The number of ether oxygens (including phenoxy) is 1. The number of piperazine rings is 1. The molecule has 1 aromatic carbocycles. The Labute approximate surface area is 128 Å². The second-order valence-electron chi connectivity index (χ2n) is 5.00. The first-order valence-corrected chi connectivity index (χ1v) is 7.01. The molecule has 1 aliphatic heterocycles. The van der Waals surface area contributed by atoms with Gasteiger partial charge in [0.15, 0.2) is 6.10 Å². The van der Waals surface area contributed by atoms with Gasteiger partial charge < -0.3 is 19.6 Å². The van der Waals surface area contributed by atoms with E-state index < -0.39 is 18.0 Å². The standard InChI is InChI=1S/C15H18N2O5/c1-11(22-12-5-3-2-4-6-12)13(18)16-7-9-17(10-8-16)14(19)15(20)21/h2-6,11H,7-10H2,1H3,(H,20,21). The van der Waals surface area contributed by atoms with Crippen LogP contribution in [0.25, 0.3) is 0 Å². The van der Waals surface area contributed by atoms with Gasteiger partial charge in [0.1, 0.15) is 5.75 Å². The van der Waals surface area contributed by atoms with E-state index in [1.807, 2.05) is 18.2 Å². The molecule has 2 rings (SSSR count). The molecule has 0 bridgehead atoms. The minimum absolute atomic E-state index is 0.175. The second-order valence-corrected chi connectivity index (χ2v) is 5.00. The number of carboxylic acid groups (broad SMARTS) is 1. The van der Waals surface area contributed by atoms with Gasteiger partial charge in [0, 0.05) is 26.2 Å². The van der Waals surface area contributed by atoms with E-state index in [0.717, 1.165) is 0 Å². The summed E-state index contributed by atoms with van der Waals surface area (Å²) >= 11 is 0. The maximum atomic E-state index is 12.3. The van der Waals surface area contributed by atoms with Gasteiger partial charge in [-0.1, -0.05) is 18.2 Å². The zero-order chi connectivity index (χ0) is 16.1. The fourth-order valence-electron chi connectivity index (χ4n) is 2.28. The Balaban J connectivity index is 1.87. The van der Waals surface area contributed by atoms with Gasteiger partial charge in [0.2, 0.25) is 0 Å². The fourth-order valence-corrected chi connectivity index (χ4v) is 2.28. The maximum absolute atomic E-state index is 12.3. The van der Waals surface area contributed by atoms with E-state index >= 15 is 0 Å². The summed E-state index contributed by atoms with van der Waals surface area (Å²) in [4.78, 5) is 37.1. The number of hydrogen-bond donors (Lipinski definition) is 1. The first kappa shape index (κ1) is 15.8. The number of amides is 2. The monoisotopic (exact) mass is 306 g/mol. The summed E-state index contributed by atoms with van der Waals surface area (Å²) < 4.78 is 5.58. The summed E-state index contributed by atoms with van der Waals surface area (Å²) in [6, 6.07) is 9.05. The van der Waals surface area contributed by atoms with Crippen molar-refractivity contribution < 1.29 is 24.2 Å². The Morgan fingerprint density at radius 1 is 1.05 bits per heavy atom. The average Bonchev–Trinajstić information content (AvgIpc) is 2.54. The van der Waals surface area contributed by atoms with Crippen molar-refractivity contribution >= 4 is 17.8 Å². The van der Waals surface area contributed by atoms with Crippen LogP contribution in [0.4, 0.5) is 0 Å². The highest BCUT2D eigenvalue weighted by molar-refractivity contribution is 6.31. The molecule has 0 aromatic heterocycles. The lowest BCUT2D eigenvalue weighted by molar-refractivity contribution is -0.157. The number of rotatable bonds is 3. The Hall–Kier alpha value is -2.57. The molecule has 1 unspecified atom stereocenters. The van der Waals surface area contributed by atoms with Crippen molar-refractivity contribution in [2.24, 2.45) is 0 Å². The quantitative estimate of drug-likeness (QED) is 0.807. The van der Waals surface area contributed by atoms with Gasteiger partial charge in [0.05, 0.1) is 0 Å². The van der Waals surface area contributed by atoms with Crippen molar-refractivity contribution in [2.45, 2.75) is 13.0 Å². The van der Waals surface area contributed by atoms with Crippen molar-refractivity contribution in [1.82, 2.24) is 9.80 Å². The molecule has 1 heterocycles. The van der Waals surface area contributed by atoms with E-state index in [1.165, 1.54) is 4.90 Å². The molecule has 0 radical (unpaired) electrons. The van der Waals surface area contributed by atoms with E-state index in [0.29, 0.717) is 18.8 Å². The van der Waals surface area contributed by atoms with Crippen LogP contribution in [0.5, 0.6) is 5.75 Å². The predicted octanol–water partition coefficient (Wildman–Crippen LogP) is 0.209. The van der Waals surface area contributed by atoms with E-state index in [2.05, 4.69) is 0 Å². The van der Waals surface area contributed by atoms with Gasteiger partial charge in [-0.2, -0.15) is 0 Å². The van der Waals surface area contributed by atoms with E-state index in [-0.39, 0.29) is 19.0 Å². The highest BCUT2D eigenvalue weighted by Gasteiger charge is 2.29. The minimum Gasteiger partial charge on any atom is -0.481 e. The molecule has 0 spiro atoms. The molecule has 22 heavy (non-hydrogen) atoms. The van der Waals surface area contributed by atoms with Gasteiger partial charge in [-0.3, -0.25) is 9.59 Å². The second kappa shape index (κ2) is 6.93. The molecule has 7 nitrogen and oxygen atoms in total. The van der Waals surface area contributed by atoms with Gasteiger partial charge in [-0.05, 0) is 19.1 Å². The van der Waals surface area contributed by atoms with Crippen molar-refractivity contribution in [3.8, 4) is 5.75 Å². The fraction of sp³-hybridized carbons (Fsp3) is 0.400. The third kappa shape index (κ3) is 3.75. The van der Waals surface area contributed by atoms with Crippen molar-refractivity contribution in [3.63, 3.8) is 0 Å². The Bertz CT molecular complexity index is 552. The molecule has 0 saturated carbocycles. The molecule has 118 valence electrons. The summed E-state index contributed by atoms with van der Waals surface area (Å²) in [5.74, 6) is -1.96. The number of carbonyl (C=O) groups excluding carboxylic acids is 2. The molecular formula is C15H18N2O5. The van der Waals surface area contributed by atoms with Gasteiger partial charge >= 0.3 is 11.9 Å². The van der Waals surface area contributed by atoms with Crippen LogP contribution in [0, 0.1) is 0 Å². The van der Waals surface area contributed by atoms with Gasteiger partial charge in [-0.15, -0.1) is 0 Å². The van der Waals surface area contributed by atoms with Crippen molar-refractivity contribution in [1.29, 1.82) is 0 Å². The average molecular weight is 306 g/mol. The Kier molecular flexibility index (Phi) is 4.98. The van der Waals surface area contributed by atoms with Crippen LogP contribution in [0.3, 0.4) is 0 Å². The van der Waals surface area contributed by atoms with Crippen LogP contribution in [0.2, 0.25) is 0 Å². The van der Waals surface area contributed by atoms with E-state index in [4.69, 9.17) is 9.84 Å². The van der Waals surface area contributed by atoms with Crippen molar-refractivity contribution in [3.05, 3.63) is 30.3 Å². The number of para-hydroxylation sites is 1. The minimum atomic E-state index is -1.47. The number of carboxylic acids is 1. The SMILES string of the molecule is CC(Oc1ccccc1)C(=O)N1CCN(C(=O)C(=O)O)CC1. The maximum Gasteiger partial charge on any atom is 0.394 e. The summed E-state index contributed by atoms with van der Waals surface area (Å²) in [7, 11) is 0. The third-order valence-electron chi connectivity index (χ3n) is 3.47. The number of hydrogen-bond acceptors (Lipinski definition) is 4. The summed E-state index contributed by atoms with van der Waals surface area (Å²) in [5, 5.41) is 8.67. The lowest BCUT2D eigenvalue weighted by Crippen LogP contribution is -2.54. The Morgan fingerprint density at radius 2 is 1.59 bits per heavy atom. The van der Waals surface area contributed by atoms with Gasteiger partial charge in [-0.25, -0.2) is 4.79 Å². The highest BCUT2D eigenvalue weighted by Crippen LogP contribution is 2.13. The number of benzene rings is 1. The lowest BCUT2D eigenvalue weighted by Gasteiger charge is -2.35. The first-order chi connectivity index (χ1) is 10.5. The zero-order valence-corrected chi connectivity index (χ0v) is 12.3. The summed E-state index contributed by atoms with van der Waals surface area (Å²) in [6.45, 7) is 2.72. The number of aliphatic carboxylic acids is 1. The third-order valence-corrected chi connectivity index (χ3v) is 3.47. The molecule has 7 heteroatoms. The predicted molar refractivity (Wildman–Crippen MR) is 77.3 cm³/mol. The normalized spacial score (nSPS) is 16.0. The molecular weight excluding hydrogens is 288 g/mol. The molecule has 1 N–H and O–H groups in total. The van der Waals surface area contributed by atoms with Gasteiger partial charge in [0.25, 0.3) is 5.91 Å². The molecule has 1 fully saturated rings. The van der Waals surface area contributed by atoms with Crippen LogP contribution >= 0.6 is 0 Å². The molecule has 1 aromatic rings. The smallest absolute Gasteiger partial charge is 0.394 e. The first-order valence-electron chi connectivity index (χ1n) is 7.01. The van der Waals surface area contributed by atoms with Crippen LogP contribution < -0.4 is 4.74 Å². The molecule has 2 amide bonds.